The number of imide groups is 1. The molecule has 1 aliphatic rings. The van der Waals surface area contributed by atoms with Gasteiger partial charge in [0.2, 0.25) is 11.8 Å². The Balaban J connectivity index is 2.09. The van der Waals surface area contributed by atoms with Gasteiger partial charge in [-0.1, -0.05) is 45.0 Å². The van der Waals surface area contributed by atoms with Gasteiger partial charge in [0.1, 0.15) is 0 Å². The molecule has 1 aliphatic heterocycles. The summed E-state index contributed by atoms with van der Waals surface area (Å²) in [4.78, 5) is 25.4. The Bertz CT molecular complexity index is 520. The summed E-state index contributed by atoms with van der Waals surface area (Å²) in [5.41, 5.74) is 7.74. The molecule has 2 N–H and O–H groups in total. The smallest absolute Gasteiger partial charge is 0.235 e. The quantitative estimate of drug-likeness (QED) is 0.854. The van der Waals surface area contributed by atoms with E-state index < -0.39 is 5.41 Å². The average Bonchev–Trinajstić information content (AvgIpc) is 2.61. The first-order chi connectivity index (χ1) is 9.35. The second kappa shape index (κ2) is 5.37. The highest BCUT2D eigenvalue weighted by molar-refractivity contribution is 6.05. The molecule has 2 rings (SSSR count). The summed E-state index contributed by atoms with van der Waals surface area (Å²) in [6, 6.07) is 7.68. The topological polar surface area (TPSA) is 63.4 Å². The predicted molar refractivity (Wildman–Crippen MR) is 77.9 cm³/mol. The third kappa shape index (κ3) is 2.75. The zero-order chi connectivity index (χ0) is 14.9. The molecule has 1 atom stereocenters. The number of carbonyl (C=O) groups excluding carboxylic acids is 2. The lowest BCUT2D eigenvalue weighted by Crippen LogP contribution is -2.38. The fourth-order valence-electron chi connectivity index (χ4n) is 2.52. The van der Waals surface area contributed by atoms with Crippen molar-refractivity contribution in [3.05, 3.63) is 35.4 Å². The van der Waals surface area contributed by atoms with E-state index in [1.807, 2.05) is 24.3 Å². The molecule has 0 aromatic heterocycles. The Morgan fingerprint density at radius 3 is 2.30 bits per heavy atom. The number of carbonyl (C=O) groups is 2. The SMILES string of the molecule is CCc1ccc(C(N)CN2C(=O)CC(C)(C)C2=O)cc1. The normalized spacial score (nSPS) is 19.5. The highest BCUT2D eigenvalue weighted by atomic mass is 16.2. The van der Waals surface area contributed by atoms with Gasteiger partial charge in [-0.15, -0.1) is 0 Å². The van der Waals surface area contributed by atoms with Crippen molar-refractivity contribution in [2.45, 2.75) is 39.7 Å². The molecule has 0 radical (unpaired) electrons. The van der Waals surface area contributed by atoms with Crippen LogP contribution < -0.4 is 5.73 Å². The maximum atomic E-state index is 12.2. The molecule has 108 valence electrons. The van der Waals surface area contributed by atoms with Crippen LogP contribution in [0.2, 0.25) is 0 Å². The molecule has 1 aromatic rings. The Kier molecular flexibility index (Phi) is 3.95. The Morgan fingerprint density at radius 2 is 1.85 bits per heavy atom. The van der Waals surface area contributed by atoms with Crippen LogP contribution in [0.3, 0.4) is 0 Å². The largest absolute Gasteiger partial charge is 0.322 e. The van der Waals surface area contributed by atoms with Crippen molar-refractivity contribution < 1.29 is 9.59 Å². The van der Waals surface area contributed by atoms with Gasteiger partial charge in [-0.2, -0.15) is 0 Å². The van der Waals surface area contributed by atoms with Gasteiger partial charge >= 0.3 is 0 Å². The fraction of sp³-hybridized carbons (Fsp3) is 0.500. The van der Waals surface area contributed by atoms with Crippen LogP contribution in [0.25, 0.3) is 0 Å². The molecule has 0 spiro atoms. The van der Waals surface area contributed by atoms with E-state index in [0.29, 0.717) is 0 Å². The molecule has 1 unspecified atom stereocenters. The molecule has 4 heteroatoms. The van der Waals surface area contributed by atoms with Crippen LogP contribution in [0.1, 0.15) is 44.4 Å². The number of nitrogens with zero attached hydrogens (tertiary/aromatic N) is 1. The van der Waals surface area contributed by atoms with Crippen LogP contribution in [0.4, 0.5) is 0 Å². The molecular formula is C16H22N2O2. The molecule has 20 heavy (non-hydrogen) atoms. The number of hydrogen-bond donors (Lipinski definition) is 1. The van der Waals surface area contributed by atoms with Crippen molar-refractivity contribution >= 4 is 11.8 Å². The molecule has 0 saturated carbocycles. The van der Waals surface area contributed by atoms with Gasteiger partial charge in [-0.05, 0) is 17.5 Å². The molecule has 1 aromatic carbocycles. The fourth-order valence-corrected chi connectivity index (χ4v) is 2.52. The number of amides is 2. The van der Waals surface area contributed by atoms with Crippen LogP contribution in [-0.4, -0.2) is 23.3 Å². The average molecular weight is 274 g/mol. The number of benzene rings is 1. The van der Waals surface area contributed by atoms with Gasteiger partial charge < -0.3 is 5.73 Å². The minimum Gasteiger partial charge on any atom is -0.322 e. The summed E-state index contributed by atoms with van der Waals surface area (Å²) >= 11 is 0. The van der Waals surface area contributed by atoms with E-state index in [2.05, 4.69) is 6.92 Å². The molecule has 1 saturated heterocycles. The highest BCUT2D eigenvalue weighted by Gasteiger charge is 2.44. The molecule has 1 heterocycles. The van der Waals surface area contributed by atoms with Crippen molar-refractivity contribution in [3.8, 4) is 0 Å². The minimum absolute atomic E-state index is 0.122. The first-order valence-electron chi connectivity index (χ1n) is 7.04. The monoisotopic (exact) mass is 274 g/mol. The number of hydrogen-bond acceptors (Lipinski definition) is 3. The third-order valence-electron chi connectivity index (χ3n) is 3.91. The van der Waals surface area contributed by atoms with Crippen molar-refractivity contribution in [2.75, 3.05) is 6.54 Å². The number of likely N-dealkylation sites (tertiary alicyclic amines) is 1. The van der Waals surface area contributed by atoms with Crippen LogP contribution in [0, 0.1) is 5.41 Å². The molecule has 0 aliphatic carbocycles. The van der Waals surface area contributed by atoms with Gasteiger partial charge in [0.25, 0.3) is 0 Å². The molecule has 1 fully saturated rings. The van der Waals surface area contributed by atoms with Crippen molar-refractivity contribution in [2.24, 2.45) is 11.1 Å². The van der Waals surface area contributed by atoms with Gasteiger partial charge in [0, 0.05) is 19.0 Å². The van der Waals surface area contributed by atoms with Crippen LogP contribution in [0.15, 0.2) is 24.3 Å². The maximum Gasteiger partial charge on any atom is 0.235 e. The van der Waals surface area contributed by atoms with E-state index in [-0.39, 0.29) is 30.8 Å². The highest BCUT2D eigenvalue weighted by Crippen LogP contribution is 2.32. The summed E-state index contributed by atoms with van der Waals surface area (Å²) < 4.78 is 0. The van der Waals surface area contributed by atoms with Crippen molar-refractivity contribution in [1.82, 2.24) is 4.90 Å². The van der Waals surface area contributed by atoms with Gasteiger partial charge in [0.15, 0.2) is 0 Å². The zero-order valence-electron chi connectivity index (χ0n) is 12.3. The number of rotatable bonds is 4. The summed E-state index contributed by atoms with van der Waals surface area (Å²) in [6.07, 6.45) is 1.25. The Labute approximate surface area is 119 Å². The van der Waals surface area contributed by atoms with Crippen LogP contribution >= 0.6 is 0 Å². The van der Waals surface area contributed by atoms with Gasteiger partial charge in [-0.3, -0.25) is 14.5 Å². The van der Waals surface area contributed by atoms with E-state index in [0.717, 1.165) is 12.0 Å². The van der Waals surface area contributed by atoms with Gasteiger partial charge in [0.05, 0.1) is 5.41 Å². The van der Waals surface area contributed by atoms with Gasteiger partial charge in [-0.25, -0.2) is 0 Å². The maximum absolute atomic E-state index is 12.2. The second-order valence-corrected chi connectivity index (χ2v) is 6.07. The number of aryl methyl sites for hydroxylation is 1. The Morgan fingerprint density at radius 1 is 1.25 bits per heavy atom. The van der Waals surface area contributed by atoms with E-state index in [9.17, 15) is 9.59 Å². The van der Waals surface area contributed by atoms with Crippen molar-refractivity contribution in [3.63, 3.8) is 0 Å². The van der Waals surface area contributed by atoms with Crippen LogP contribution in [0.5, 0.6) is 0 Å². The lowest BCUT2D eigenvalue weighted by Gasteiger charge is -2.21. The van der Waals surface area contributed by atoms with E-state index in [1.54, 1.807) is 13.8 Å². The zero-order valence-corrected chi connectivity index (χ0v) is 12.3. The second-order valence-electron chi connectivity index (χ2n) is 6.07. The van der Waals surface area contributed by atoms with E-state index in [1.165, 1.54) is 10.5 Å². The van der Waals surface area contributed by atoms with Crippen molar-refractivity contribution in [1.29, 1.82) is 0 Å². The molecular weight excluding hydrogens is 252 g/mol. The molecule has 0 bridgehead atoms. The summed E-state index contributed by atoms with van der Waals surface area (Å²) in [6.45, 7) is 5.95. The lowest BCUT2D eigenvalue weighted by atomic mass is 9.92. The Hall–Kier alpha value is -1.68. The minimum atomic E-state index is -0.594. The standard InChI is InChI=1S/C16H22N2O2/c1-4-11-5-7-12(8-6-11)13(17)10-18-14(19)9-16(2,3)15(18)20/h5-8,13H,4,9-10,17H2,1-3H3. The number of nitrogens with two attached hydrogens (primary N) is 1. The van der Waals surface area contributed by atoms with Crippen LogP contribution in [-0.2, 0) is 16.0 Å². The third-order valence-corrected chi connectivity index (χ3v) is 3.91. The molecule has 2 amide bonds. The first-order valence-corrected chi connectivity index (χ1v) is 7.04. The van der Waals surface area contributed by atoms with E-state index in [4.69, 9.17) is 5.73 Å². The summed E-state index contributed by atoms with van der Waals surface area (Å²) in [7, 11) is 0. The first kappa shape index (κ1) is 14.7. The summed E-state index contributed by atoms with van der Waals surface area (Å²) in [5, 5.41) is 0. The molecule has 4 nitrogen and oxygen atoms in total. The lowest BCUT2D eigenvalue weighted by molar-refractivity contribution is -0.141. The van der Waals surface area contributed by atoms with E-state index >= 15 is 0 Å². The summed E-state index contributed by atoms with van der Waals surface area (Å²) in [5.74, 6) is -0.247. The predicted octanol–water partition coefficient (Wildman–Crippen LogP) is 2.03.